The summed E-state index contributed by atoms with van der Waals surface area (Å²) in [6.07, 6.45) is 1.51. The molecule has 2 heterocycles. The first-order valence-corrected chi connectivity index (χ1v) is 21.9. The van der Waals surface area contributed by atoms with Gasteiger partial charge in [-0.2, -0.15) is 0 Å². The molecule has 0 saturated heterocycles. The summed E-state index contributed by atoms with van der Waals surface area (Å²) < 4.78 is 73.1. The summed E-state index contributed by atoms with van der Waals surface area (Å²) in [5, 5.41) is 12.7. The van der Waals surface area contributed by atoms with Crippen LogP contribution in [0.25, 0.3) is 0 Å². The van der Waals surface area contributed by atoms with Crippen LogP contribution < -0.4 is 18.9 Å². The topological polar surface area (TPSA) is 154 Å². The smallest absolute Gasteiger partial charge is 0.270 e. The summed E-state index contributed by atoms with van der Waals surface area (Å²) in [6.45, 7) is 7.31. The van der Waals surface area contributed by atoms with E-state index < -0.39 is 0 Å². The Labute approximate surface area is 368 Å². The van der Waals surface area contributed by atoms with Crippen molar-refractivity contribution in [1.29, 1.82) is 0 Å². The molecule has 15 heteroatoms. The number of nitrogens with zero attached hydrogens (tertiary/aromatic N) is 1. The van der Waals surface area contributed by atoms with Crippen LogP contribution in [0.15, 0.2) is 66.7 Å². The second-order valence-electron chi connectivity index (χ2n) is 15.1. The Morgan fingerprint density at radius 2 is 0.524 bits per heavy atom. The highest BCUT2D eigenvalue weighted by atomic mass is 16.6. The summed E-state index contributed by atoms with van der Waals surface area (Å²) in [5.74, 6) is 2.64. The molecule has 0 N–H and O–H groups in total. The molecule has 7 rings (SSSR count). The zero-order valence-electron chi connectivity index (χ0n) is 36.0. The van der Waals surface area contributed by atoms with Crippen molar-refractivity contribution in [3.63, 3.8) is 0 Å². The average Bonchev–Trinajstić information content (AvgIpc) is 3.27. The molecular weight excluding hydrogens is 815 g/mol. The molecule has 0 spiro atoms. The molecule has 0 radical (unpaired) electrons. The number of rotatable bonds is 1. The fourth-order valence-corrected chi connectivity index (χ4v) is 7.75. The van der Waals surface area contributed by atoms with E-state index in [4.69, 9.17) is 56.8 Å². The third kappa shape index (κ3) is 14.1. The van der Waals surface area contributed by atoms with Gasteiger partial charge in [-0.3, -0.25) is 10.1 Å². The molecule has 0 amide bonds. The van der Waals surface area contributed by atoms with Crippen molar-refractivity contribution in [3.05, 3.63) is 121 Å². The molecule has 0 fully saturated rings. The molecule has 0 saturated carbocycles. The van der Waals surface area contributed by atoms with E-state index in [1.165, 1.54) is 0 Å². The van der Waals surface area contributed by atoms with Gasteiger partial charge in [0.15, 0.2) is 0 Å². The summed E-state index contributed by atoms with van der Waals surface area (Å²) >= 11 is 0. The van der Waals surface area contributed by atoms with Crippen molar-refractivity contribution in [1.82, 2.24) is 0 Å². The zero-order chi connectivity index (χ0) is 43.3. The van der Waals surface area contributed by atoms with Crippen molar-refractivity contribution in [2.75, 3.05) is 132 Å². The highest BCUT2D eigenvalue weighted by Gasteiger charge is 2.24. The molecule has 4 aromatic rings. The predicted octanol–water partition coefficient (Wildman–Crippen LogP) is 5.95. The molecule has 3 aliphatic rings. The quantitative estimate of drug-likeness (QED) is 0.144. The van der Waals surface area contributed by atoms with Crippen molar-refractivity contribution in [3.8, 4) is 23.0 Å². The zero-order valence-corrected chi connectivity index (χ0v) is 36.0. The molecule has 63 heavy (non-hydrogen) atoms. The van der Waals surface area contributed by atoms with Crippen LogP contribution in [0.5, 0.6) is 23.0 Å². The van der Waals surface area contributed by atoms with E-state index in [1.807, 2.05) is 36.4 Å². The van der Waals surface area contributed by atoms with Gasteiger partial charge in [-0.1, -0.05) is 54.6 Å². The number of non-ortho nitro benzene ring substituents is 1. The molecular formula is C48H59NO14. The van der Waals surface area contributed by atoms with Gasteiger partial charge in [-0.05, 0) is 33.4 Å². The summed E-state index contributed by atoms with van der Waals surface area (Å²) in [7, 11) is 0. The van der Waals surface area contributed by atoms with Crippen LogP contribution in [0.2, 0.25) is 0 Å². The summed E-state index contributed by atoms with van der Waals surface area (Å²) in [5.41, 5.74) is 6.68. The Kier molecular flexibility index (Phi) is 18.6. The van der Waals surface area contributed by atoms with E-state index in [-0.39, 0.29) is 49.9 Å². The molecule has 0 aromatic heterocycles. The Bertz CT molecular complexity index is 1930. The lowest BCUT2D eigenvalue weighted by molar-refractivity contribution is -0.385. The first-order chi connectivity index (χ1) is 31.1. The standard InChI is InChI=1S/C48H59NO14/c50-49(51)44-34-42-32-40-8-2-6-38-30-36-4-1-5-37-31-39-7-3-9-41(47(39)62-28-24-58-20-16-54-11-10-53-15-19-57-23-27-61-46(38)40)33-43(35-44)48(42)63-29-25-59-21-17-55-13-12-52-14-18-56-22-26-60-45(36)37/h1-9,34-35H,10-33H2. The fourth-order valence-electron chi connectivity index (χ4n) is 7.75. The van der Waals surface area contributed by atoms with Crippen molar-refractivity contribution >= 4 is 5.69 Å². The maximum Gasteiger partial charge on any atom is 0.270 e. The van der Waals surface area contributed by atoms with Gasteiger partial charge in [-0.15, -0.1) is 0 Å². The van der Waals surface area contributed by atoms with E-state index in [0.29, 0.717) is 147 Å². The lowest BCUT2D eigenvalue weighted by Gasteiger charge is -2.23. The van der Waals surface area contributed by atoms with Crippen LogP contribution in [0.4, 0.5) is 5.69 Å². The maximum atomic E-state index is 12.7. The van der Waals surface area contributed by atoms with E-state index in [1.54, 1.807) is 12.1 Å². The van der Waals surface area contributed by atoms with Gasteiger partial charge < -0.3 is 56.8 Å². The third-order valence-corrected chi connectivity index (χ3v) is 10.6. The van der Waals surface area contributed by atoms with Gasteiger partial charge in [0.1, 0.15) is 49.4 Å². The second-order valence-corrected chi connectivity index (χ2v) is 15.1. The van der Waals surface area contributed by atoms with Gasteiger partial charge in [0.25, 0.3) is 5.69 Å². The molecule has 0 atom stereocenters. The summed E-state index contributed by atoms with van der Waals surface area (Å²) in [6, 6.07) is 21.5. The molecule has 12 bridgehead atoms. The normalized spacial score (nSPS) is 18.7. The lowest BCUT2D eigenvalue weighted by Crippen LogP contribution is -2.15. The van der Waals surface area contributed by atoms with Crippen LogP contribution in [0, 0.1) is 10.1 Å². The number of para-hydroxylation sites is 3. The maximum absolute atomic E-state index is 12.7. The minimum Gasteiger partial charge on any atom is -0.491 e. The second kappa shape index (κ2) is 25.5. The molecule has 2 aliphatic heterocycles. The van der Waals surface area contributed by atoms with Crippen LogP contribution in [0.1, 0.15) is 44.5 Å². The third-order valence-electron chi connectivity index (χ3n) is 10.6. The minimum atomic E-state index is -0.357. The monoisotopic (exact) mass is 873 g/mol. The number of nitro groups is 1. The van der Waals surface area contributed by atoms with Gasteiger partial charge in [0.05, 0.1) is 111 Å². The Hall–Kier alpha value is -4.84. The minimum absolute atomic E-state index is 0.0450. The van der Waals surface area contributed by atoms with E-state index >= 15 is 0 Å². The molecule has 1 aliphatic carbocycles. The van der Waals surface area contributed by atoms with Gasteiger partial charge in [-0.25, -0.2) is 0 Å². The number of nitro benzene ring substituents is 1. The van der Waals surface area contributed by atoms with Crippen LogP contribution >= 0.6 is 0 Å². The van der Waals surface area contributed by atoms with Crippen molar-refractivity contribution < 1.29 is 61.8 Å². The van der Waals surface area contributed by atoms with Gasteiger partial charge in [0.2, 0.25) is 0 Å². The Balaban J connectivity index is 1.37. The van der Waals surface area contributed by atoms with E-state index in [2.05, 4.69) is 18.2 Å². The summed E-state index contributed by atoms with van der Waals surface area (Å²) in [4.78, 5) is 12.3. The number of benzene rings is 4. The first kappa shape index (κ1) is 46.2. The molecule has 0 unspecified atom stereocenters. The van der Waals surface area contributed by atoms with E-state index in [9.17, 15) is 10.1 Å². The number of hydrogen-bond acceptors (Lipinski definition) is 14. The molecule has 15 nitrogen and oxygen atoms in total. The van der Waals surface area contributed by atoms with Crippen LogP contribution in [0.3, 0.4) is 0 Å². The number of ether oxygens (including phenoxy) is 12. The number of hydrogen-bond donors (Lipinski definition) is 0. The van der Waals surface area contributed by atoms with Crippen molar-refractivity contribution in [2.24, 2.45) is 0 Å². The van der Waals surface area contributed by atoms with Gasteiger partial charge >= 0.3 is 0 Å². The van der Waals surface area contributed by atoms with Crippen LogP contribution in [-0.4, -0.2) is 137 Å². The highest BCUT2D eigenvalue weighted by molar-refractivity contribution is 5.58. The van der Waals surface area contributed by atoms with Gasteiger partial charge in [0, 0.05) is 48.9 Å². The predicted molar refractivity (Wildman–Crippen MR) is 232 cm³/mol. The van der Waals surface area contributed by atoms with E-state index in [0.717, 1.165) is 39.1 Å². The largest absolute Gasteiger partial charge is 0.491 e. The van der Waals surface area contributed by atoms with Crippen LogP contribution in [-0.2, 0) is 63.6 Å². The highest BCUT2D eigenvalue weighted by Crippen LogP contribution is 2.40. The molecule has 4 aromatic carbocycles. The Morgan fingerprint density at radius 3 is 0.762 bits per heavy atom. The first-order valence-electron chi connectivity index (χ1n) is 21.9. The SMILES string of the molecule is O=[N+]([O-])c1cc2c3c(c1)Cc1cccc4c1OCCOCCOCCOCCOCCOc1c(cccc1C2)Cc1cccc(c1OCCOCCOCCOCCOCCO3)C4. The lowest BCUT2D eigenvalue weighted by atomic mass is 9.91. The Morgan fingerprint density at radius 1 is 0.317 bits per heavy atom. The average molecular weight is 874 g/mol. The fraction of sp³-hybridized carbons (Fsp3) is 0.500. The molecule has 340 valence electrons. The van der Waals surface area contributed by atoms with Crippen molar-refractivity contribution in [2.45, 2.75) is 25.7 Å².